The second-order valence-electron chi connectivity index (χ2n) is 19.6. The number of halogens is 2. The van der Waals surface area contributed by atoms with Crippen LogP contribution in [-0.4, -0.2) is 80.9 Å². The van der Waals surface area contributed by atoms with Gasteiger partial charge in [0.2, 0.25) is 0 Å². The molecule has 0 saturated heterocycles. The molecule has 0 fully saturated rings. The summed E-state index contributed by atoms with van der Waals surface area (Å²) in [5.41, 5.74) is 9.36. The molecule has 236 valence electrons. The fourth-order valence-corrected chi connectivity index (χ4v) is 65.5. The summed E-state index contributed by atoms with van der Waals surface area (Å²) in [7, 11) is -10.6. The van der Waals surface area contributed by atoms with Crippen LogP contribution in [0.15, 0.2) is 28.5 Å². The van der Waals surface area contributed by atoms with Crippen LogP contribution in [0.1, 0.15) is 0 Å². The molecule has 0 bridgehead atoms. The van der Waals surface area contributed by atoms with Crippen LogP contribution in [0, 0.1) is 6.42 Å². The first-order valence-electron chi connectivity index (χ1n) is 14.9. The SMILES string of the molecule is C[Si](C)(C)C(C1=C=C(C([Si](C)(C)C)[Si](C)(C)C)C=C(C([Si](C)(C)C)([Si](C)(C)C)[Si](C)(C)C)[CH]1)[Si](C)(C)C.[Br-].[Br-].[Sb]. The van der Waals surface area contributed by atoms with E-state index in [0.717, 1.165) is 10.3 Å². The Hall–Kier alpha value is 2.56. The Morgan fingerprint density at radius 2 is 0.725 bits per heavy atom. The van der Waals surface area contributed by atoms with E-state index in [2.05, 4.69) is 156 Å². The number of hydrogen-bond acceptors (Lipinski definition) is 0. The molecule has 1 aliphatic carbocycles. The van der Waals surface area contributed by atoms with E-state index < -0.39 is 56.5 Å². The summed E-state index contributed by atoms with van der Waals surface area (Å²) < 4.78 is 0.415. The average molecular weight is 906 g/mol. The molecule has 0 unspecified atom stereocenters. The van der Waals surface area contributed by atoms with Crippen LogP contribution in [0.5, 0.6) is 0 Å². The first-order valence-corrected chi connectivity index (χ1v) is 39.7. The van der Waals surface area contributed by atoms with E-state index in [-0.39, 0.29) is 58.4 Å². The van der Waals surface area contributed by atoms with E-state index in [1.807, 2.05) is 0 Å². The molecular weight excluding hydrogens is 839 g/mol. The molecule has 0 aromatic carbocycles. The van der Waals surface area contributed by atoms with Gasteiger partial charge in [-0.05, 0) is 25.8 Å². The van der Waals surface area contributed by atoms with Crippen molar-refractivity contribution in [3.05, 3.63) is 34.9 Å². The summed E-state index contributed by atoms with van der Waals surface area (Å²) in [4.78, 5) is 0. The molecule has 1 rings (SSSR count). The molecule has 0 heterocycles. The van der Waals surface area contributed by atoms with Crippen LogP contribution in [0.25, 0.3) is 0 Å². The summed E-state index contributed by atoms with van der Waals surface area (Å²) in [5, 5.41) is 1.48. The molecule has 0 amide bonds. The molecule has 0 saturated carbocycles. The van der Waals surface area contributed by atoms with Crippen LogP contribution >= 0.6 is 0 Å². The Kier molecular flexibility index (Phi) is 17.1. The van der Waals surface area contributed by atoms with Gasteiger partial charge < -0.3 is 34.0 Å². The first kappa shape index (κ1) is 47.0. The Bertz CT molecular complexity index is 885. The zero-order valence-electron chi connectivity index (χ0n) is 30.5. The van der Waals surface area contributed by atoms with Crippen LogP contribution in [-0.2, 0) is 0 Å². The summed E-state index contributed by atoms with van der Waals surface area (Å²) in [6, 6.07) is 0. The summed E-state index contributed by atoms with van der Waals surface area (Å²) in [6.45, 7) is 56.0. The van der Waals surface area contributed by atoms with E-state index in [1.165, 1.54) is 0 Å². The Morgan fingerprint density at radius 3 is 0.950 bits per heavy atom. The molecule has 0 aromatic heterocycles. The molecular formula is C30H67Br2SbSi7-2. The average Bonchev–Trinajstić information content (AvgIpc) is 2.43. The van der Waals surface area contributed by atoms with Crippen molar-refractivity contribution in [2.45, 2.75) is 152 Å². The number of allylic oxidation sites excluding steroid dienone is 3. The van der Waals surface area contributed by atoms with E-state index in [9.17, 15) is 0 Å². The minimum absolute atomic E-state index is 0. The van der Waals surface area contributed by atoms with Crippen molar-refractivity contribution < 1.29 is 34.0 Å². The molecule has 0 N–H and O–H groups in total. The molecule has 0 atom stereocenters. The maximum absolute atomic E-state index is 4.32. The molecule has 0 aliphatic heterocycles. The predicted molar refractivity (Wildman–Crippen MR) is 202 cm³/mol. The standard InChI is InChI=1S/C30H67Si7.2BrH.Sb/c1-31(2,3)28(32(4,5)6)25-22-26(29(33(7,8)9)34(10,11)12)24-27(23-25)30(35(13,14)15,36(16,17)18)37(19,20)21;;;/h23-24,28-29H,1-21H3;2*1H;/p-2. The first-order chi connectivity index (χ1) is 15.8. The zero-order chi connectivity index (χ0) is 30.0. The second kappa shape index (κ2) is 14.5. The molecule has 40 heavy (non-hydrogen) atoms. The van der Waals surface area contributed by atoms with Gasteiger partial charge >= 0.3 is 0 Å². The summed E-state index contributed by atoms with van der Waals surface area (Å²) in [5.74, 6) is 0. The molecule has 10 heteroatoms. The van der Waals surface area contributed by atoms with Crippen molar-refractivity contribution in [3.63, 3.8) is 0 Å². The van der Waals surface area contributed by atoms with E-state index in [1.54, 1.807) is 16.7 Å². The zero-order valence-corrected chi connectivity index (χ0v) is 43.2. The minimum atomic E-state index is -1.59. The molecule has 1 aliphatic rings. The normalized spacial score (nSPS) is 16.4. The van der Waals surface area contributed by atoms with Crippen molar-refractivity contribution in [1.29, 1.82) is 0 Å². The maximum Gasteiger partial charge on any atom is 0.0501 e. The summed E-state index contributed by atoms with van der Waals surface area (Å²) in [6.07, 6.45) is 5.59. The third kappa shape index (κ3) is 10.0. The topological polar surface area (TPSA) is 0 Å². The fourth-order valence-electron chi connectivity index (χ4n) is 10.3. The van der Waals surface area contributed by atoms with E-state index in [4.69, 9.17) is 0 Å². The number of rotatable bonds is 10. The Balaban J connectivity index is -0.00000456. The fraction of sp³-hybridized carbons (Fsp3) is 0.800. The smallest absolute Gasteiger partial charge is 0.0501 e. The van der Waals surface area contributed by atoms with Gasteiger partial charge in [0.05, 0.1) is 16.1 Å². The van der Waals surface area contributed by atoms with Crippen molar-refractivity contribution in [1.82, 2.24) is 0 Å². The quantitative estimate of drug-likeness (QED) is 0.209. The van der Waals surface area contributed by atoms with Gasteiger partial charge in [0.25, 0.3) is 0 Å². The van der Waals surface area contributed by atoms with Crippen LogP contribution in [0.4, 0.5) is 0 Å². The monoisotopic (exact) mass is 902 g/mol. The van der Waals surface area contributed by atoms with Gasteiger partial charge in [-0.15, -0.1) is 5.73 Å². The van der Waals surface area contributed by atoms with E-state index >= 15 is 0 Å². The van der Waals surface area contributed by atoms with Gasteiger partial charge in [-0.1, -0.05) is 149 Å². The van der Waals surface area contributed by atoms with Crippen LogP contribution < -0.4 is 34.0 Å². The van der Waals surface area contributed by atoms with Crippen molar-refractivity contribution in [2.24, 2.45) is 0 Å². The van der Waals surface area contributed by atoms with Gasteiger partial charge in [0.1, 0.15) is 0 Å². The van der Waals surface area contributed by atoms with Crippen molar-refractivity contribution >= 4 is 80.9 Å². The van der Waals surface area contributed by atoms with Gasteiger partial charge in [0.15, 0.2) is 0 Å². The number of hydrogen-bond donors (Lipinski definition) is 0. The van der Waals surface area contributed by atoms with Gasteiger partial charge in [-0.25, -0.2) is 0 Å². The Morgan fingerprint density at radius 1 is 0.475 bits per heavy atom. The molecule has 4 radical (unpaired) electrons. The van der Waals surface area contributed by atoms with Crippen molar-refractivity contribution in [2.75, 3.05) is 0 Å². The van der Waals surface area contributed by atoms with Crippen molar-refractivity contribution in [3.8, 4) is 0 Å². The molecule has 0 spiro atoms. The van der Waals surface area contributed by atoms with Gasteiger partial charge in [-0.2, -0.15) is 0 Å². The maximum atomic E-state index is 4.32. The minimum Gasteiger partial charge on any atom is -1.00 e. The third-order valence-corrected chi connectivity index (χ3v) is 48.5. The third-order valence-electron chi connectivity index (χ3n) is 8.80. The molecule has 0 nitrogen and oxygen atoms in total. The summed E-state index contributed by atoms with van der Waals surface area (Å²) >= 11 is 0. The van der Waals surface area contributed by atoms with E-state index in [0.29, 0.717) is 4.28 Å². The van der Waals surface area contributed by atoms with Crippen LogP contribution in [0.2, 0.25) is 152 Å². The van der Waals surface area contributed by atoms with Gasteiger partial charge in [-0.3, -0.25) is 0 Å². The second-order valence-corrected chi connectivity index (χ2v) is 59.3. The van der Waals surface area contributed by atoms with Gasteiger partial charge in [0, 0.05) is 71.2 Å². The molecule has 0 aromatic rings. The largest absolute Gasteiger partial charge is 1.00 e. The Labute approximate surface area is 299 Å². The van der Waals surface area contributed by atoms with Crippen LogP contribution in [0.3, 0.4) is 0 Å². The predicted octanol–water partition coefficient (Wildman–Crippen LogP) is 5.21.